The summed E-state index contributed by atoms with van der Waals surface area (Å²) in [6.07, 6.45) is 3.20. The molecular formula is C18H22F3NO4S. The van der Waals surface area contributed by atoms with Crippen LogP contribution in [0.15, 0.2) is 18.2 Å². The molecule has 1 aliphatic heterocycles. The highest BCUT2D eigenvalue weighted by Gasteiger charge is 2.55. The van der Waals surface area contributed by atoms with E-state index in [2.05, 4.69) is 16.1 Å². The molecule has 9 heteroatoms. The number of nitrogens with zero attached hydrogens (tertiary/aromatic N) is 1. The molecule has 2 bridgehead atoms. The van der Waals surface area contributed by atoms with Gasteiger partial charge in [-0.2, -0.15) is 21.6 Å². The van der Waals surface area contributed by atoms with Gasteiger partial charge >= 0.3 is 15.6 Å². The van der Waals surface area contributed by atoms with Gasteiger partial charge in [0.1, 0.15) is 5.75 Å². The Morgan fingerprint density at radius 3 is 2.74 bits per heavy atom. The van der Waals surface area contributed by atoms with Crippen LogP contribution in [0.4, 0.5) is 13.2 Å². The highest BCUT2D eigenvalue weighted by molar-refractivity contribution is 7.88. The van der Waals surface area contributed by atoms with Crippen molar-refractivity contribution >= 4 is 10.1 Å². The molecule has 1 aromatic carbocycles. The van der Waals surface area contributed by atoms with Gasteiger partial charge in [-0.3, -0.25) is 0 Å². The van der Waals surface area contributed by atoms with E-state index < -0.39 is 21.7 Å². The molecular weight excluding hydrogens is 383 g/mol. The van der Waals surface area contributed by atoms with Gasteiger partial charge in [0, 0.05) is 11.5 Å². The molecule has 0 spiro atoms. The summed E-state index contributed by atoms with van der Waals surface area (Å²) in [6, 6.07) is 4.73. The second-order valence-corrected chi connectivity index (χ2v) is 9.54. The Labute approximate surface area is 156 Å². The summed E-state index contributed by atoms with van der Waals surface area (Å²) in [5, 5.41) is 10.3. The predicted octanol–water partition coefficient (Wildman–Crippen LogP) is 2.57. The largest absolute Gasteiger partial charge is 0.534 e. The number of piperidine rings is 1. The zero-order valence-electron chi connectivity index (χ0n) is 14.9. The highest BCUT2D eigenvalue weighted by atomic mass is 32.2. The highest BCUT2D eigenvalue weighted by Crippen LogP contribution is 2.56. The van der Waals surface area contributed by atoms with Gasteiger partial charge in [-0.1, -0.05) is 6.07 Å². The van der Waals surface area contributed by atoms with Gasteiger partial charge in [0.2, 0.25) is 0 Å². The zero-order chi connectivity index (χ0) is 19.6. The van der Waals surface area contributed by atoms with Crippen molar-refractivity contribution in [3.63, 3.8) is 0 Å². The number of aliphatic hydroxyl groups excluding tert-OH is 1. The summed E-state index contributed by atoms with van der Waals surface area (Å²) in [7, 11) is -3.63. The average molecular weight is 405 g/mol. The van der Waals surface area contributed by atoms with Crippen molar-refractivity contribution < 1.29 is 30.9 Å². The number of alkyl halides is 3. The maximum atomic E-state index is 12.7. The van der Waals surface area contributed by atoms with Gasteiger partial charge in [-0.25, -0.2) is 0 Å². The SMILES string of the molecule is CN1CC[C@@]23C[C@@H](O)CC[C@@H]2[C@@H]1Cc1ccc(OS(=O)(=O)C(F)(F)F)cc13. The normalized spacial score (nSPS) is 33.9. The molecule has 5 nitrogen and oxygen atoms in total. The molecule has 2 fully saturated rings. The summed E-state index contributed by atoms with van der Waals surface area (Å²) in [5.74, 6) is -0.0294. The Kier molecular flexibility index (Phi) is 4.29. The van der Waals surface area contributed by atoms with E-state index in [4.69, 9.17) is 0 Å². The van der Waals surface area contributed by atoms with Gasteiger partial charge in [0.25, 0.3) is 0 Å². The van der Waals surface area contributed by atoms with Crippen LogP contribution in [0, 0.1) is 5.92 Å². The number of fused-ring (bicyclic) bond motifs is 1. The minimum Gasteiger partial charge on any atom is -0.393 e. The summed E-state index contributed by atoms with van der Waals surface area (Å²) >= 11 is 0. The van der Waals surface area contributed by atoms with E-state index in [-0.39, 0.29) is 11.2 Å². The monoisotopic (exact) mass is 405 g/mol. The van der Waals surface area contributed by atoms with E-state index in [1.807, 2.05) is 0 Å². The van der Waals surface area contributed by atoms with E-state index in [1.165, 1.54) is 12.1 Å². The van der Waals surface area contributed by atoms with E-state index in [9.17, 15) is 26.7 Å². The summed E-state index contributed by atoms with van der Waals surface area (Å²) in [6.45, 7) is 0.833. The van der Waals surface area contributed by atoms with E-state index in [0.29, 0.717) is 24.8 Å². The molecule has 27 heavy (non-hydrogen) atoms. The lowest BCUT2D eigenvalue weighted by molar-refractivity contribution is -0.0500. The molecule has 1 saturated heterocycles. The van der Waals surface area contributed by atoms with Crippen molar-refractivity contribution in [3.05, 3.63) is 29.3 Å². The number of hydrogen-bond donors (Lipinski definition) is 1. The van der Waals surface area contributed by atoms with Crippen LogP contribution in [0.5, 0.6) is 5.75 Å². The van der Waals surface area contributed by atoms with Crippen molar-refractivity contribution in [1.29, 1.82) is 0 Å². The Morgan fingerprint density at radius 2 is 2.04 bits per heavy atom. The fourth-order valence-corrected chi connectivity index (χ4v) is 5.86. The molecule has 4 rings (SSSR count). The Morgan fingerprint density at radius 1 is 1.30 bits per heavy atom. The van der Waals surface area contributed by atoms with E-state index >= 15 is 0 Å². The van der Waals surface area contributed by atoms with E-state index in [0.717, 1.165) is 36.9 Å². The molecule has 4 atom stereocenters. The lowest BCUT2D eigenvalue weighted by Gasteiger charge is -2.59. The number of benzene rings is 1. The number of rotatable bonds is 2. The third-order valence-corrected chi connectivity index (χ3v) is 7.58. The van der Waals surface area contributed by atoms with Crippen LogP contribution in [-0.4, -0.2) is 49.7 Å². The molecule has 0 radical (unpaired) electrons. The average Bonchev–Trinajstić information content (AvgIpc) is 2.57. The van der Waals surface area contributed by atoms with Gasteiger partial charge in [0.05, 0.1) is 6.10 Å². The topological polar surface area (TPSA) is 66.8 Å². The first-order valence-electron chi connectivity index (χ1n) is 9.06. The lowest BCUT2D eigenvalue weighted by Crippen LogP contribution is -2.61. The predicted molar refractivity (Wildman–Crippen MR) is 91.8 cm³/mol. The van der Waals surface area contributed by atoms with Crippen LogP contribution in [0.2, 0.25) is 0 Å². The number of likely N-dealkylation sites (N-methyl/N-ethyl adjacent to an activating group) is 1. The third-order valence-electron chi connectivity index (χ3n) is 6.60. The van der Waals surface area contributed by atoms with Crippen molar-refractivity contribution in [2.75, 3.05) is 13.6 Å². The quantitative estimate of drug-likeness (QED) is 0.605. The maximum absolute atomic E-state index is 12.7. The molecule has 2 aliphatic carbocycles. The molecule has 1 heterocycles. The van der Waals surface area contributed by atoms with Gasteiger partial charge in [-0.15, -0.1) is 0 Å². The van der Waals surface area contributed by atoms with Gasteiger partial charge in [-0.05, 0) is 74.9 Å². The van der Waals surface area contributed by atoms with Crippen molar-refractivity contribution in [3.8, 4) is 5.75 Å². The molecule has 0 aromatic heterocycles. The van der Waals surface area contributed by atoms with E-state index in [1.54, 1.807) is 6.07 Å². The Bertz CT molecular complexity index is 857. The van der Waals surface area contributed by atoms with Crippen LogP contribution in [0.25, 0.3) is 0 Å². The number of hydrogen-bond acceptors (Lipinski definition) is 5. The lowest BCUT2D eigenvalue weighted by atomic mass is 9.52. The smallest absolute Gasteiger partial charge is 0.393 e. The Balaban J connectivity index is 1.78. The molecule has 0 amide bonds. The first kappa shape index (κ1) is 19.0. The molecule has 3 aliphatic rings. The van der Waals surface area contributed by atoms with Crippen LogP contribution < -0.4 is 4.18 Å². The first-order valence-corrected chi connectivity index (χ1v) is 10.5. The summed E-state index contributed by atoms with van der Waals surface area (Å²) in [5.41, 5.74) is -3.98. The maximum Gasteiger partial charge on any atom is 0.534 e. The summed E-state index contributed by atoms with van der Waals surface area (Å²) < 4.78 is 65.2. The summed E-state index contributed by atoms with van der Waals surface area (Å²) in [4.78, 5) is 2.32. The second kappa shape index (κ2) is 6.09. The Hall–Kier alpha value is -1.32. The minimum atomic E-state index is -5.71. The molecule has 1 N–H and O–H groups in total. The van der Waals surface area contributed by atoms with Crippen LogP contribution in [-0.2, 0) is 22.0 Å². The fourth-order valence-electron chi connectivity index (χ4n) is 5.41. The second-order valence-electron chi connectivity index (χ2n) is 8.00. The first-order chi connectivity index (χ1) is 12.5. The number of halogens is 3. The van der Waals surface area contributed by atoms with Crippen molar-refractivity contribution in [2.45, 2.75) is 55.2 Å². The van der Waals surface area contributed by atoms with Crippen molar-refractivity contribution in [1.82, 2.24) is 4.90 Å². The number of likely N-dealkylation sites (tertiary alicyclic amines) is 1. The molecule has 0 unspecified atom stereocenters. The van der Waals surface area contributed by atoms with Crippen LogP contribution >= 0.6 is 0 Å². The zero-order valence-corrected chi connectivity index (χ0v) is 15.7. The van der Waals surface area contributed by atoms with Gasteiger partial charge < -0.3 is 14.2 Å². The van der Waals surface area contributed by atoms with Crippen molar-refractivity contribution in [2.24, 2.45) is 5.92 Å². The van der Waals surface area contributed by atoms with Crippen LogP contribution in [0.3, 0.4) is 0 Å². The van der Waals surface area contributed by atoms with Gasteiger partial charge in [0.15, 0.2) is 0 Å². The fraction of sp³-hybridized carbons (Fsp3) is 0.667. The molecule has 150 valence electrons. The standard InChI is InChI=1S/C18H22F3NO4S/c1-22-7-6-17-10-12(23)3-5-14(17)16(22)8-11-2-4-13(9-15(11)17)26-27(24,25)18(19,20)21/h2,4,9,12,14,16,23H,3,5-8,10H2,1H3/t12-,14+,16-,17+/m0/s1. The molecule has 1 aromatic rings. The van der Waals surface area contributed by atoms with Crippen LogP contribution in [0.1, 0.15) is 36.8 Å². The number of aliphatic hydroxyl groups is 1. The third kappa shape index (κ3) is 2.94. The minimum absolute atomic E-state index is 0.293. The molecule has 1 saturated carbocycles.